The molecule has 3 N–H and O–H groups in total. The molecule has 1 amide bonds. The van der Waals surface area contributed by atoms with E-state index in [1.54, 1.807) is 12.1 Å². The first-order chi connectivity index (χ1) is 8.69. The highest BCUT2D eigenvalue weighted by Gasteiger charge is 2.07. The van der Waals surface area contributed by atoms with E-state index in [1.165, 1.54) is 11.8 Å². The number of aromatic nitrogens is 1. The van der Waals surface area contributed by atoms with E-state index >= 15 is 0 Å². The van der Waals surface area contributed by atoms with E-state index in [0.717, 1.165) is 12.1 Å². The quantitative estimate of drug-likeness (QED) is 0.867. The van der Waals surface area contributed by atoms with Crippen molar-refractivity contribution in [2.45, 2.75) is 13.3 Å². The first-order valence-corrected chi connectivity index (χ1v) is 5.81. The molecular formula is C14H15N3O. The first-order valence-electron chi connectivity index (χ1n) is 5.81. The zero-order valence-electron chi connectivity index (χ0n) is 10.2. The third-order valence-electron chi connectivity index (χ3n) is 2.61. The van der Waals surface area contributed by atoms with Gasteiger partial charge in [-0.05, 0) is 36.2 Å². The number of nitrogens with one attached hydrogen (secondary N) is 1. The van der Waals surface area contributed by atoms with Crippen LogP contribution < -0.4 is 11.1 Å². The average molecular weight is 241 g/mol. The van der Waals surface area contributed by atoms with Crippen molar-refractivity contribution in [1.82, 2.24) is 4.98 Å². The van der Waals surface area contributed by atoms with E-state index in [2.05, 4.69) is 17.2 Å². The van der Waals surface area contributed by atoms with E-state index in [0.29, 0.717) is 11.4 Å². The molecule has 92 valence electrons. The molecule has 2 rings (SSSR count). The van der Waals surface area contributed by atoms with Gasteiger partial charge in [-0.1, -0.05) is 19.1 Å². The number of carbonyl (C=O) groups excluding carboxylic acids is 1. The summed E-state index contributed by atoms with van der Waals surface area (Å²) in [5.41, 5.74) is 8.40. The van der Waals surface area contributed by atoms with Crippen molar-refractivity contribution >= 4 is 17.3 Å². The van der Waals surface area contributed by atoms with Gasteiger partial charge in [0.2, 0.25) is 0 Å². The van der Waals surface area contributed by atoms with Gasteiger partial charge >= 0.3 is 0 Å². The number of pyridine rings is 1. The van der Waals surface area contributed by atoms with Crippen molar-refractivity contribution in [3.8, 4) is 0 Å². The van der Waals surface area contributed by atoms with Crippen LogP contribution in [0.3, 0.4) is 0 Å². The summed E-state index contributed by atoms with van der Waals surface area (Å²) in [5, 5.41) is 2.80. The second-order valence-corrected chi connectivity index (χ2v) is 3.98. The Morgan fingerprint density at radius 2 is 2.17 bits per heavy atom. The minimum absolute atomic E-state index is 0.254. The number of amides is 1. The first kappa shape index (κ1) is 12.1. The SMILES string of the molecule is CCc1cccc(NC(=O)c2cc(N)ccn2)c1. The fourth-order valence-electron chi connectivity index (χ4n) is 1.64. The molecule has 0 aliphatic heterocycles. The molecule has 0 unspecified atom stereocenters. The van der Waals surface area contributed by atoms with Crippen LogP contribution in [0.4, 0.5) is 11.4 Å². The molecule has 0 fully saturated rings. The molecule has 4 nitrogen and oxygen atoms in total. The third-order valence-corrected chi connectivity index (χ3v) is 2.61. The second kappa shape index (κ2) is 5.31. The Hall–Kier alpha value is -2.36. The predicted molar refractivity (Wildman–Crippen MR) is 72.4 cm³/mol. The molecule has 0 saturated carbocycles. The Morgan fingerprint density at radius 3 is 2.89 bits per heavy atom. The molecule has 0 aliphatic rings. The van der Waals surface area contributed by atoms with Crippen LogP contribution in [-0.2, 0) is 6.42 Å². The Labute approximate surface area is 106 Å². The second-order valence-electron chi connectivity index (χ2n) is 3.98. The summed E-state index contributed by atoms with van der Waals surface area (Å²) in [5.74, 6) is -0.254. The molecule has 0 saturated heterocycles. The summed E-state index contributed by atoms with van der Waals surface area (Å²) in [6.07, 6.45) is 2.45. The van der Waals surface area contributed by atoms with Gasteiger partial charge < -0.3 is 11.1 Å². The van der Waals surface area contributed by atoms with Crippen LogP contribution >= 0.6 is 0 Å². The lowest BCUT2D eigenvalue weighted by atomic mass is 10.1. The highest BCUT2D eigenvalue weighted by Crippen LogP contribution is 2.12. The molecular weight excluding hydrogens is 226 g/mol. The number of anilines is 2. The number of nitrogens with zero attached hydrogens (tertiary/aromatic N) is 1. The molecule has 18 heavy (non-hydrogen) atoms. The standard InChI is InChI=1S/C14H15N3O/c1-2-10-4-3-5-12(8-10)17-14(18)13-9-11(15)6-7-16-13/h3-9H,2H2,1H3,(H2,15,16)(H,17,18). The van der Waals surface area contributed by atoms with Gasteiger partial charge in [-0.2, -0.15) is 0 Å². The van der Waals surface area contributed by atoms with Gasteiger partial charge in [-0.3, -0.25) is 9.78 Å². The molecule has 0 radical (unpaired) electrons. The van der Waals surface area contributed by atoms with E-state index in [-0.39, 0.29) is 5.91 Å². The van der Waals surface area contributed by atoms with E-state index in [4.69, 9.17) is 5.73 Å². The topological polar surface area (TPSA) is 68.0 Å². The molecule has 0 bridgehead atoms. The maximum absolute atomic E-state index is 11.9. The zero-order chi connectivity index (χ0) is 13.0. The summed E-state index contributed by atoms with van der Waals surface area (Å²) >= 11 is 0. The number of benzene rings is 1. The van der Waals surface area contributed by atoms with Crippen LogP contribution in [-0.4, -0.2) is 10.9 Å². The lowest BCUT2D eigenvalue weighted by Crippen LogP contribution is -2.13. The Bertz CT molecular complexity index is 566. The van der Waals surface area contributed by atoms with Gasteiger partial charge in [0.05, 0.1) is 0 Å². The maximum atomic E-state index is 11.9. The van der Waals surface area contributed by atoms with Crippen LogP contribution in [0.25, 0.3) is 0 Å². The minimum Gasteiger partial charge on any atom is -0.399 e. The van der Waals surface area contributed by atoms with Crippen molar-refractivity contribution in [2.75, 3.05) is 11.1 Å². The van der Waals surface area contributed by atoms with Gasteiger partial charge in [0.25, 0.3) is 5.91 Å². The van der Waals surface area contributed by atoms with E-state index < -0.39 is 0 Å². The number of rotatable bonds is 3. The highest BCUT2D eigenvalue weighted by atomic mass is 16.1. The highest BCUT2D eigenvalue weighted by molar-refractivity contribution is 6.03. The molecule has 0 spiro atoms. The van der Waals surface area contributed by atoms with Crippen molar-refractivity contribution in [3.05, 3.63) is 53.9 Å². The number of hydrogen-bond donors (Lipinski definition) is 2. The Balaban J connectivity index is 2.16. The minimum atomic E-state index is -0.254. The number of nitrogen functional groups attached to an aromatic ring is 1. The smallest absolute Gasteiger partial charge is 0.274 e. The fourth-order valence-corrected chi connectivity index (χ4v) is 1.64. The lowest BCUT2D eigenvalue weighted by molar-refractivity contribution is 0.102. The van der Waals surface area contributed by atoms with Crippen LogP contribution in [0, 0.1) is 0 Å². The molecule has 1 aromatic heterocycles. The van der Waals surface area contributed by atoms with Crippen LogP contribution in [0.15, 0.2) is 42.6 Å². The molecule has 0 atom stereocenters. The average Bonchev–Trinajstić information content (AvgIpc) is 2.39. The third kappa shape index (κ3) is 2.85. The summed E-state index contributed by atoms with van der Waals surface area (Å²) < 4.78 is 0. The van der Waals surface area contributed by atoms with Crippen LogP contribution in [0.5, 0.6) is 0 Å². The Morgan fingerprint density at radius 1 is 1.33 bits per heavy atom. The van der Waals surface area contributed by atoms with Gasteiger partial charge in [0.1, 0.15) is 5.69 Å². The van der Waals surface area contributed by atoms with Gasteiger partial charge in [0.15, 0.2) is 0 Å². The lowest BCUT2D eigenvalue weighted by Gasteiger charge is -2.06. The van der Waals surface area contributed by atoms with Gasteiger partial charge in [-0.25, -0.2) is 0 Å². The van der Waals surface area contributed by atoms with Crippen molar-refractivity contribution in [3.63, 3.8) is 0 Å². The summed E-state index contributed by atoms with van der Waals surface area (Å²) in [6.45, 7) is 2.07. The number of carbonyl (C=O) groups is 1. The summed E-state index contributed by atoms with van der Waals surface area (Å²) in [7, 11) is 0. The maximum Gasteiger partial charge on any atom is 0.274 e. The molecule has 1 heterocycles. The van der Waals surface area contributed by atoms with Crippen molar-refractivity contribution in [1.29, 1.82) is 0 Å². The van der Waals surface area contributed by atoms with Crippen molar-refractivity contribution in [2.24, 2.45) is 0 Å². The number of nitrogens with two attached hydrogens (primary N) is 1. The number of hydrogen-bond acceptors (Lipinski definition) is 3. The fraction of sp³-hybridized carbons (Fsp3) is 0.143. The van der Waals surface area contributed by atoms with Crippen molar-refractivity contribution < 1.29 is 4.79 Å². The van der Waals surface area contributed by atoms with E-state index in [1.807, 2.05) is 24.3 Å². The zero-order valence-corrected chi connectivity index (χ0v) is 10.2. The summed E-state index contributed by atoms with van der Waals surface area (Å²) in [6, 6.07) is 10.9. The summed E-state index contributed by atoms with van der Waals surface area (Å²) in [4.78, 5) is 15.9. The molecule has 1 aromatic carbocycles. The largest absolute Gasteiger partial charge is 0.399 e. The predicted octanol–water partition coefficient (Wildman–Crippen LogP) is 2.48. The normalized spacial score (nSPS) is 10.1. The molecule has 4 heteroatoms. The monoisotopic (exact) mass is 241 g/mol. The number of aryl methyl sites for hydroxylation is 1. The van der Waals surface area contributed by atoms with E-state index in [9.17, 15) is 4.79 Å². The van der Waals surface area contributed by atoms with Gasteiger partial charge in [0, 0.05) is 17.6 Å². The van der Waals surface area contributed by atoms with Crippen LogP contribution in [0.1, 0.15) is 23.0 Å². The molecule has 2 aromatic rings. The van der Waals surface area contributed by atoms with Gasteiger partial charge in [-0.15, -0.1) is 0 Å². The Kier molecular flexibility index (Phi) is 3.57. The van der Waals surface area contributed by atoms with Crippen LogP contribution in [0.2, 0.25) is 0 Å². The molecule has 0 aliphatic carbocycles.